The summed E-state index contributed by atoms with van der Waals surface area (Å²) in [6.45, 7) is 5.22. The molecule has 9 nitrogen and oxygen atoms in total. The third-order valence-electron chi connectivity index (χ3n) is 7.58. The lowest BCUT2D eigenvalue weighted by molar-refractivity contribution is 0.0846. The zero-order chi connectivity index (χ0) is 27.6. The predicted octanol–water partition coefficient (Wildman–Crippen LogP) is 4.88. The molecular weight excluding hydrogens is 516 g/mol. The molecule has 2 fully saturated rings. The van der Waals surface area contributed by atoms with Crippen molar-refractivity contribution in [2.45, 2.75) is 18.8 Å². The molecule has 2 aromatic carbocycles. The summed E-state index contributed by atoms with van der Waals surface area (Å²) in [7, 11) is 2.13. The molecule has 11 heteroatoms. The van der Waals surface area contributed by atoms with Crippen molar-refractivity contribution in [3.05, 3.63) is 71.3 Å². The molecule has 0 radical (unpaired) electrons. The first-order valence-corrected chi connectivity index (χ1v) is 13.5. The van der Waals surface area contributed by atoms with Gasteiger partial charge in [-0.2, -0.15) is 5.10 Å². The Morgan fingerprint density at radius 3 is 2.50 bits per heavy atom. The number of ether oxygens (including phenoxy) is 1. The highest BCUT2D eigenvalue weighted by Crippen LogP contribution is 2.34. The molecule has 208 valence electrons. The lowest BCUT2D eigenvalue weighted by Gasteiger charge is -2.35. The van der Waals surface area contributed by atoms with Crippen LogP contribution in [0.3, 0.4) is 0 Å². The zero-order valence-corrected chi connectivity index (χ0v) is 22.2. The van der Waals surface area contributed by atoms with E-state index in [1.54, 1.807) is 12.1 Å². The summed E-state index contributed by atoms with van der Waals surface area (Å²) in [5.74, 6) is -0.813. The fourth-order valence-electron chi connectivity index (χ4n) is 5.37. The molecule has 40 heavy (non-hydrogen) atoms. The van der Waals surface area contributed by atoms with E-state index in [4.69, 9.17) is 4.74 Å². The number of amides is 1. The topological polar surface area (TPSA) is 98.4 Å². The Hall–Kier alpha value is -4.09. The maximum absolute atomic E-state index is 13.7. The van der Waals surface area contributed by atoms with Crippen LogP contribution in [0.5, 0.6) is 0 Å². The number of nitrogens with one attached hydrogen (secondary N) is 3. The summed E-state index contributed by atoms with van der Waals surface area (Å²) >= 11 is 0. The Balaban J connectivity index is 1.27. The number of hydrogen-bond acceptors (Lipinski definition) is 7. The SMILES string of the molecule is CN1CCN(c2ccc(C(=O)Nc3n[nH]c4ccc(Nc5cc(F)cc(F)c5)nc34)c(C3CCOCC3)c2)CC1. The smallest absolute Gasteiger partial charge is 0.257 e. The van der Waals surface area contributed by atoms with E-state index in [2.05, 4.69) is 48.7 Å². The lowest BCUT2D eigenvalue weighted by Crippen LogP contribution is -2.44. The molecule has 1 amide bonds. The summed E-state index contributed by atoms with van der Waals surface area (Å²) in [6, 6.07) is 12.6. The maximum atomic E-state index is 13.7. The number of likely N-dealkylation sites (N-methyl/N-ethyl adjacent to an activating group) is 1. The van der Waals surface area contributed by atoms with Crippen molar-refractivity contribution in [3.63, 3.8) is 0 Å². The zero-order valence-electron chi connectivity index (χ0n) is 22.2. The molecule has 0 bridgehead atoms. The van der Waals surface area contributed by atoms with E-state index in [1.807, 2.05) is 12.1 Å². The molecule has 2 saturated heterocycles. The molecule has 0 spiro atoms. The molecule has 6 rings (SSSR count). The van der Waals surface area contributed by atoms with Crippen LogP contribution in [0.15, 0.2) is 48.5 Å². The van der Waals surface area contributed by atoms with E-state index in [0.29, 0.717) is 35.6 Å². The van der Waals surface area contributed by atoms with Crippen LogP contribution in [-0.4, -0.2) is 72.4 Å². The molecule has 4 heterocycles. The van der Waals surface area contributed by atoms with E-state index in [-0.39, 0.29) is 23.3 Å². The molecule has 3 N–H and O–H groups in total. The molecule has 0 atom stereocenters. The number of pyridine rings is 1. The molecule has 2 aliphatic heterocycles. The molecule has 0 aliphatic carbocycles. The number of benzene rings is 2. The van der Waals surface area contributed by atoms with E-state index < -0.39 is 11.6 Å². The Morgan fingerprint density at radius 1 is 1.00 bits per heavy atom. The fraction of sp³-hybridized carbons (Fsp3) is 0.345. The summed E-state index contributed by atoms with van der Waals surface area (Å²) < 4.78 is 32.9. The fourth-order valence-corrected chi connectivity index (χ4v) is 5.37. The van der Waals surface area contributed by atoms with Gasteiger partial charge in [-0.1, -0.05) is 0 Å². The minimum atomic E-state index is -0.696. The molecule has 2 aromatic heterocycles. The summed E-state index contributed by atoms with van der Waals surface area (Å²) in [5, 5.41) is 13.0. The number of aromatic amines is 1. The van der Waals surface area contributed by atoms with Crippen LogP contribution in [0, 0.1) is 11.6 Å². The molecule has 0 saturated carbocycles. The minimum Gasteiger partial charge on any atom is -0.381 e. The number of halogens is 2. The number of hydrogen-bond donors (Lipinski definition) is 3. The van der Waals surface area contributed by atoms with Gasteiger partial charge in [0.05, 0.1) is 5.52 Å². The second kappa shape index (κ2) is 11.2. The van der Waals surface area contributed by atoms with Gasteiger partial charge in [0, 0.05) is 62.4 Å². The monoisotopic (exact) mass is 547 g/mol. The Labute approximate surface area is 230 Å². The molecule has 4 aromatic rings. The third kappa shape index (κ3) is 5.61. The minimum absolute atomic E-state index is 0.221. The average molecular weight is 548 g/mol. The highest BCUT2D eigenvalue weighted by atomic mass is 19.1. The summed E-state index contributed by atoms with van der Waals surface area (Å²) in [4.78, 5) is 22.9. The predicted molar refractivity (Wildman–Crippen MR) is 150 cm³/mol. The summed E-state index contributed by atoms with van der Waals surface area (Å²) in [6.07, 6.45) is 1.71. The number of carbonyl (C=O) groups excluding carboxylic acids is 1. The third-order valence-corrected chi connectivity index (χ3v) is 7.58. The number of anilines is 4. The van der Waals surface area contributed by atoms with Crippen LogP contribution in [0.25, 0.3) is 11.0 Å². The maximum Gasteiger partial charge on any atom is 0.257 e. The van der Waals surface area contributed by atoms with Crippen molar-refractivity contribution in [2.75, 3.05) is 62.0 Å². The quantitative estimate of drug-likeness (QED) is 0.317. The van der Waals surface area contributed by atoms with Gasteiger partial charge in [-0.05, 0) is 73.8 Å². The van der Waals surface area contributed by atoms with Crippen LogP contribution >= 0.6 is 0 Å². The van der Waals surface area contributed by atoms with Gasteiger partial charge in [-0.25, -0.2) is 13.8 Å². The van der Waals surface area contributed by atoms with Gasteiger partial charge >= 0.3 is 0 Å². The number of rotatable bonds is 6. The average Bonchev–Trinajstić information content (AvgIpc) is 3.35. The first kappa shape index (κ1) is 26.1. The molecule has 2 aliphatic rings. The van der Waals surface area contributed by atoms with Crippen molar-refractivity contribution in [1.82, 2.24) is 20.1 Å². The number of piperazine rings is 1. The van der Waals surface area contributed by atoms with Crippen molar-refractivity contribution < 1.29 is 18.3 Å². The van der Waals surface area contributed by atoms with E-state index >= 15 is 0 Å². The number of H-pyrrole nitrogens is 1. The van der Waals surface area contributed by atoms with Crippen molar-refractivity contribution in [1.29, 1.82) is 0 Å². The second-order valence-corrected chi connectivity index (χ2v) is 10.4. The number of aromatic nitrogens is 3. The van der Waals surface area contributed by atoms with Crippen molar-refractivity contribution in [3.8, 4) is 0 Å². The van der Waals surface area contributed by atoms with E-state index in [9.17, 15) is 13.6 Å². The van der Waals surface area contributed by atoms with Gasteiger partial charge in [0.15, 0.2) is 5.82 Å². The standard InChI is InChI=1S/C29H31F2N7O2/c1-37-8-10-38(11-9-37)22-2-3-23(24(17-22)18-6-12-40-13-7-18)29(39)34-28-27-25(35-36-28)4-5-26(33-27)32-21-15-19(30)14-20(31)16-21/h2-5,14-18H,6-13H2,1H3,(H,32,33)(H2,34,35,36,39). The van der Waals surface area contributed by atoms with Crippen LogP contribution in [-0.2, 0) is 4.74 Å². The molecular formula is C29H31F2N7O2. The van der Waals surface area contributed by atoms with Gasteiger partial charge in [0.25, 0.3) is 5.91 Å². The van der Waals surface area contributed by atoms with Gasteiger partial charge in [0.2, 0.25) is 0 Å². The van der Waals surface area contributed by atoms with Crippen molar-refractivity contribution in [2.24, 2.45) is 0 Å². The Morgan fingerprint density at radius 2 is 1.75 bits per heavy atom. The highest BCUT2D eigenvalue weighted by Gasteiger charge is 2.25. The lowest BCUT2D eigenvalue weighted by atomic mass is 9.87. The first-order chi connectivity index (χ1) is 19.4. The Bertz CT molecular complexity index is 1510. The largest absolute Gasteiger partial charge is 0.381 e. The van der Waals surface area contributed by atoms with E-state index in [0.717, 1.165) is 56.3 Å². The van der Waals surface area contributed by atoms with Gasteiger partial charge in [-0.3, -0.25) is 9.89 Å². The number of nitrogens with zero attached hydrogens (tertiary/aromatic N) is 4. The van der Waals surface area contributed by atoms with Gasteiger partial charge in [-0.15, -0.1) is 0 Å². The van der Waals surface area contributed by atoms with Crippen LogP contribution in [0.4, 0.5) is 31.8 Å². The van der Waals surface area contributed by atoms with Gasteiger partial charge in [0.1, 0.15) is 23.0 Å². The van der Waals surface area contributed by atoms with Gasteiger partial charge < -0.3 is 25.2 Å². The number of fused-ring (bicyclic) bond motifs is 1. The first-order valence-electron chi connectivity index (χ1n) is 13.5. The second-order valence-electron chi connectivity index (χ2n) is 10.4. The van der Waals surface area contributed by atoms with Crippen LogP contribution in [0.1, 0.15) is 34.7 Å². The van der Waals surface area contributed by atoms with Crippen molar-refractivity contribution >= 4 is 40.0 Å². The van der Waals surface area contributed by atoms with E-state index in [1.165, 1.54) is 12.1 Å². The number of carbonyl (C=O) groups is 1. The highest BCUT2D eigenvalue weighted by molar-refractivity contribution is 6.08. The van der Waals surface area contributed by atoms with Crippen LogP contribution < -0.4 is 15.5 Å². The Kier molecular flexibility index (Phi) is 7.31. The van der Waals surface area contributed by atoms with Crippen LogP contribution in [0.2, 0.25) is 0 Å². The summed E-state index contributed by atoms with van der Waals surface area (Å²) in [5.41, 5.74) is 4.01. The normalized spacial score (nSPS) is 16.8. The molecule has 0 unspecified atom stereocenters.